The van der Waals surface area contributed by atoms with Crippen LogP contribution in [0.5, 0.6) is 0 Å². The number of para-hydroxylation sites is 4. The number of carbonyl (C=O) groups excluding carboxylic acids is 1. The molecule has 5 rings (SSSR count). The number of rotatable bonds is 4. The summed E-state index contributed by atoms with van der Waals surface area (Å²) in [7, 11) is 0. The maximum Gasteiger partial charge on any atom is 0.233 e. The third-order valence-corrected chi connectivity index (χ3v) is 6.07. The smallest absolute Gasteiger partial charge is 0.233 e. The molecule has 1 N–H and O–H groups in total. The van der Waals surface area contributed by atoms with Gasteiger partial charge < -0.3 is 14.3 Å². The summed E-state index contributed by atoms with van der Waals surface area (Å²) in [6, 6.07) is 15.7. The summed E-state index contributed by atoms with van der Waals surface area (Å²) in [6.07, 6.45) is 1.77. The molecule has 0 unspecified atom stereocenters. The van der Waals surface area contributed by atoms with Gasteiger partial charge in [-0.1, -0.05) is 36.0 Å². The summed E-state index contributed by atoms with van der Waals surface area (Å²) in [4.78, 5) is 26.9. The van der Waals surface area contributed by atoms with Gasteiger partial charge in [0.15, 0.2) is 16.6 Å². The number of hydrogen-bond acceptors (Lipinski definition) is 5. The molecule has 0 radical (unpaired) electrons. The molecule has 0 saturated carbocycles. The van der Waals surface area contributed by atoms with E-state index in [1.54, 1.807) is 0 Å². The van der Waals surface area contributed by atoms with E-state index in [-0.39, 0.29) is 11.8 Å². The standard InChI is InChI=1S/C21H20N4O2S/c26-19(13-28-21-23-15-5-1-2-6-16(15)24-21)25-11-9-14(10-12-25)20-22-17-7-3-4-8-18(17)27-20/h1-8,14H,9-13H2,(H,23,24). The van der Waals surface area contributed by atoms with Crippen molar-refractivity contribution in [2.75, 3.05) is 18.8 Å². The number of thioether (sulfide) groups is 1. The topological polar surface area (TPSA) is 75.0 Å². The van der Waals surface area contributed by atoms with Crippen molar-refractivity contribution < 1.29 is 9.21 Å². The Hall–Kier alpha value is -2.80. The quantitative estimate of drug-likeness (QED) is 0.527. The first-order valence-corrected chi connectivity index (χ1v) is 10.5. The van der Waals surface area contributed by atoms with Crippen LogP contribution in [0, 0.1) is 0 Å². The third-order valence-electron chi connectivity index (χ3n) is 5.21. The lowest BCUT2D eigenvalue weighted by atomic mass is 9.97. The molecule has 6 nitrogen and oxygen atoms in total. The number of carbonyl (C=O) groups is 1. The van der Waals surface area contributed by atoms with Crippen LogP contribution in [0.15, 0.2) is 58.1 Å². The summed E-state index contributed by atoms with van der Waals surface area (Å²) >= 11 is 1.46. The van der Waals surface area contributed by atoms with Crippen molar-refractivity contribution in [3.63, 3.8) is 0 Å². The summed E-state index contributed by atoms with van der Waals surface area (Å²) in [5.74, 6) is 1.62. The number of H-pyrrole nitrogens is 1. The zero-order valence-corrected chi connectivity index (χ0v) is 16.1. The van der Waals surface area contributed by atoms with Crippen LogP contribution in [0.3, 0.4) is 0 Å². The molecule has 2 aromatic heterocycles. The number of oxazole rings is 1. The van der Waals surface area contributed by atoms with E-state index in [9.17, 15) is 4.79 Å². The lowest BCUT2D eigenvalue weighted by Gasteiger charge is -2.30. The molecule has 0 aliphatic carbocycles. The number of aromatic amines is 1. The predicted octanol–water partition coefficient (Wildman–Crippen LogP) is 4.20. The third kappa shape index (κ3) is 3.38. The molecule has 0 bridgehead atoms. The summed E-state index contributed by atoms with van der Waals surface area (Å²) in [5, 5.41) is 0.788. The van der Waals surface area contributed by atoms with Gasteiger partial charge in [0.25, 0.3) is 0 Å². The van der Waals surface area contributed by atoms with Crippen LogP contribution in [0.2, 0.25) is 0 Å². The van der Waals surface area contributed by atoms with Crippen LogP contribution < -0.4 is 0 Å². The number of aromatic nitrogens is 3. The Morgan fingerprint density at radius 2 is 1.82 bits per heavy atom. The normalized spacial score (nSPS) is 15.5. The molecule has 1 amide bonds. The fourth-order valence-electron chi connectivity index (χ4n) is 3.66. The zero-order valence-electron chi connectivity index (χ0n) is 15.3. The lowest BCUT2D eigenvalue weighted by Crippen LogP contribution is -2.39. The molecule has 1 aliphatic heterocycles. The van der Waals surface area contributed by atoms with E-state index in [1.165, 1.54) is 11.8 Å². The maximum atomic E-state index is 12.6. The number of nitrogens with zero attached hydrogens (tertiary/aromatic N) is 3. The van der Waals surface area contributed by atoms with E-state index < -0.39 is 0 Å². The summed E-state index contributed by atoms with van der Waals surface area (Å²) in [5.41, 5.74) is 3.66. The number of piperidine rings is 1. The number of imidazole rings is 1. The minimum absolute atomic E-state index is 0.154. The van der Waals surface area contributed by atoms with Crippen molar-refractivity contribution in [1.29, 1.82) is 0 Å². The molecule has 28 heavy (non-hydrogen) atoms. The average Bonchev–Trinajstić information content (AvgIpc) is 3.35. The second-order valence-corrected chi connectivity index (χ2v) is 7.99. The summed E-state index contributed by atoms with van der Waals surface area (Å²) < 4.78 is 5.91. The van der Waals surface area contributed by atoms with Crippen molar-refractivity contribution in [3.8, 4) is 0 Å². The van der Waals surface area contributed by atoms with Crippen LogP contribution in [0.25, 0.3) is 22.1 Å². The van der Waals surface area contributed by atoms with Gasteiger partial charge in [0, 0.05) is 19.0 Å². The molecule has 1 fully saturated rings. The fraction of sp³-hybridized carbons (Fsp3) is 0.286. The fourth-order valence-corrected chi connectivity index (χ4v) is 4.45. The average molecular weight is 392 g/mol. The molecule has 0 atom stereocenters. The molecule has 7 heteroatoms. The molecule has 0 spiro atoms. The highest BCUT2D eigenvalue weighted by Gasteiger charge is 2.27. The first-order valence-electron chi connectivity index (χ1n) is 9.47. The zero-order chi connectivity index (χ0) is 18.9. The van der Waals surface area contributed by atoms with Crippen LogP contribution in [-0.4, -0.2) is 44.6 Å². The first kappa shape index (κ1) is 17.3. The van der Waals surface area contributed by atoms with Crippen LogP contribution in [-0.2, 0) is 4.79 Å². The van der Waals surface area contributed by atoms with Gasteiger partial charge in [-0.3, -0.25) is 4.79 Å². The predicted molar refractivity (Wildman–Crippen MR) is 109 cm³/mol. The van der Waals surface area contributed by atoms with E-state index in [2.05, 4.69) is 15.0 Å². The van der Waals surface area contributed by atoms with Gasteiger partial charge in [-0.15, -0.1) is 0 Å². The lowest BCUT2D eigenvalue weighted by molar-refractivity contribution is -0.129. The van der Waals surface area contributed by atoms with Gasteiger partial charge in [0.1, 0.15) is 5.52 Å². The molecule has 2 aromatic carbocycles. The van der Waals surface area contributed by atoms with E-state index in [0.717, 1.165) is 59.1 Å². The number of nitrogens with one attached hydrogen (secondary N) is 1. The first-order chi connectivity index (χ1) is 13.8. The highest BCUT2D eigenvalue weighted by atomic mass is 32.2. The minimum atomic E-state index is 0.154. The Labute approximate surface area is 166 Å². The summed E-state index contributed by atoms with van der Waals surface area (Å²) in [6.45, 7) is 1.48. The van der Waals surface area contributed by atoms with E-state index in [0.29, 0.717) is 5.75 Å². The van der Waals surface area contributed by atoms with Crippen molar-refractivity contribution in [2.24, 2.45) is 0 Å². The number of fused-ring (bicyclic) bond motifs is 2. The van der Waals surface area contributed by atoms with Crippen molar-refractivity contribution in [2.45, 2.75) is 23.9 Å². The number of amides is 1. The van der Waals surface area contributed by atoms with Crippen molar-refractivity contribution >= 4 is 39.8 Å². The molecule has 142 valence electrons. The highest BCUT2D eigenvalue weighted by molar-refractivity contribution is 7.99. The number of benzene rings is 2. The van der Waals surface area contributed by atoms with Gasteiger partial charge in [-0.05, 0) is 37.1 Å². The van der Waals surface area contributed by atoms with E-state index in [1.807, 2.05) is 53.4 Å². The second kappa shape index (κ2) is 7.31. The minimum Gasteiger partial charge on any atom is -0.440 e. The SMILES string of the molecule is O=C(CSc1nc2ccccc2[nH]1)N1CCC(c2nc3ccccc3o2)CC1. The molecule has 1 aliphatic rings. The van der Waals surface area contributed by atoms with Gasteiger partial charge in [0.05, 0.1) is 16.8 Å². The highest BCUT2D eigenvalue weighted by Crippen LogP contribution is 2.30. The van der Waals surface area contributed by atoms with E-state index in [4.69, 9.17) is 4.42 Å². The van der Waals surface area contributed by atoms with E-state index >= 15 is 0 Å². The Bertz CT molecular complexity index is 1060. The van der Waals surface area contributed by atoms with Crippen LogP contribution in [0.4, 0.5) is 0 Å². The largest absolute Gasteiger partial charge is 0.440 e. The van der Waals surface area contributed by atoms with Crippen LogP contribution in [0.1, 0.15) is 24.7 Å². The van der Waals surface area contributed by atoms with Crippen molar-refractivity contribution in [3.05, 3.63) is 54.4 Å². The van der Waals surface area contributed by atoms with Gasteiger partial charge in [-0.25, -0.2) is 9.97 Å². The molecule has 3 heterocycles. The molecule has 4 aromatic rings. The second-order valence-electron chi connectivity index (χ2n) is 7.02. The number of likely N-dealkylation sites (tertiary alicyclic amines) is 1. The number of hydrogen-bond donors (Lipinski definition) is 1. The van der Waals surface area contributed by atoms with Crippen LogP contribution >= 0.6 is 11.8 Å². The maximum absolute atomic E-state index is 12.6. The monoisotopic (exact) mass is 392 g/mol. The van der Waals surface area contributed by atoms with Crippen molar-refractivity contribution in [1.82, 2.24) is 19.9 Å². The Balaban J connectivity index is 1.17. The Morgan fingerprint density at radius 1 is 1.07 bits per heavy atom. The van der Waals surface area contributed by atoms with Gasteiger partial charge >= 0.3 is 0 Å². The Morgan fingerprint density at radius 3 is 2.61 bits per heavy atom. The Kier molecular flexibility index (Phi) is 4.52. The van der Waals surface area contributed by atoms with Gasteiger partial charge in [-0.2, -0.15) is 0 Å². The van der Waals surface area contributed by atoms with Gasteiger partial charge in [0.2, 0.25) is 5.91 Å². The molecular formula is C21H20N4O2S. The molecule has 1 saturated heterocycles. The molecular weight excluding hydrogens is 372 g/mol.